The Balaban J connectivity index is 2.45. The van der Waals surface area contributed by atoms with Gasteiger partial charge in [0, 0.05) is 19.0 Å². The average Bonchev–Trinajstić information content (AvgIpc) is 2.31. The fourth-order valence-corrected chi connectivity index (χ4v) is 1.05. The highest BCUT2D eigenvalue weighted by Gasteiger charge is 1.98. The number of amidine groups is 1. The number of nitrogens with one attached hydrogen (secondary N) is 1. The first kappa shape index (κ1) is 8.06. The van der Waals surface area contributed by atoms with Gasteiger partial charge in [-0.2, -0.15) is 0 Å². The Kier molecular flexibility index (Phi) is 2.48. The number of nitrogens with zero attached hydrogens (tertiary/aromatic N) is 3. The van der Waals surface area contributed by atoms with Crippen molar-refractivity contribution in [2.75, 3.05) is 0 Å². The second kappa shape index (κ2) is 3.38. The molecule has 0 aliphatic heterocycles. The smallest absolute Gasteiger partial charge is 0.151 e. The molecule has 6 heteroatoms. The van der Waals surface area contributed by atoms with Crippen LogP contribution in [0.1, 0.15) is 5.69 Å². The average molecular weight is 171 g/mol. The van der Waals surface area contributed by atoms with E-state index < -0.39 is 0 Å². The minimum atomic E-state index is 0.107. The van der Waals surface area contributed by atoms with Gasteiger partial charge in [0.2, 0.25) is 0 Å². The van der Waals surface area contributed by atoms with E-state index in [1.807, 2.05) is 0 Å². The van der Waals surface area contributed by atoms with E-state index in [4.69, 9.17) is 11.1 Å². The summed E-state index contributed by atoms with van der Waals surface area (Å²) in [6, 6.07) is 0. The van der Waals surface area contributed by atoms with Crippen molar-refractivity contribution in [1.82, 2.24) is 15.0 Å². The molecule has 1 aromatic heterocycles. The summed E-state index contributed by atoms with van der Waals surface area (Å²) < 4.78 is 1.62. The lowest BCUT2D eigenvalue weighted by Crippen LogP contribution is -2.03. The van der Waals surface area contributed by atoms with Crippen molar-refractivity contribution in [2.24, 2.45) is 12.8 Å². The summed E-state index contributed by atoms with van der Waals surface area (Å²) in [6.45, 7) is 0. The molecule has 0 aliphatic rings. The summed E-state index contributed by atoms with van der Waals surface area (Å²) in [6.07, 6.45) is 1.80. The van der Waals surface area contributed by atoms with Crippen LogP contribution in [0.4, 0.5) is 0 Å². The molecule has 0 unspecified atom stereocenters. The Hall–Kier alpha value is -1.04. The molecule has 3 N–H and O–H groups in total. The summed E-state index contributed by atoms with van der Waals surface area (Å²) >= 11 is 1.24. The molecule has 60 valence electrons. The van der Waals surface area contributed by atoms with E-state index in [2.05, 4.69) is 10.3 Å². The Bertz CT molecular complexity index is 255. The summed E-state index contributed by atoms with van der Waals surface area (Å²) in [5.74, 6) is 0.614. The van der Waals surface area contributed by atoms with Crippen LogP contribution < -0.4 is 5.73 Å². The van der Waals surface area contributed by atoms with Crippen LogP contribution in [-0.4, -0.2) is 20.2 Å². The van der Waals surface area contributed by atoms with Crippen LogP contribution >= 0.6 is 11.8 Å². The van der Waals surface area contributed by atoms with Crippen molar-refractivity contribution < 1.29 is 0 Å². The van der Waals surface area contributed by atoms with E-state index in [0.29, 0.717) is 5.75 Å². The molecule has 0 bridgehead atoms. The zero-order chi connectivity index (χ0) is 8.27. The molecule has 1 heterocycles. The van der Waals surface area contributed by atoms with Gasteiger partial charge in [-0.1, -0.05) is 17.0 Å². The Labute approximate surface area is 68.5 Å². The van der Waals surface area contributed by atoms with Crippen LogP contribution in [-0.2, 0) is 12.8 Å². The number of hydrogen-bond donors (Lipinski definition) is 2. The van der Waals surface area contributed by atoms with Gasteiger partial charge in [0.05, 0.1) is 5.69 Å². The molecule has 11 heavy (non-hydrogen) atoms. The summed E-state index contributed by atoms with van der Waals surface area (Å²) in [5, 5.41) is 14.6. The van der Waals surface area contributed by atoms with Crippen molar-refractivity contribution >= 4 is 16.9 Å². The van der Waals surface area contributed by atoms with Crippen LogP contribution in [0.15, 0.2) is 6.20 Å². The van der Waals surface area contributed by atoms with E-state index in [1.165, 1.54) is 11.8 Å². The molecule has 0 saturated heterocycles. The lowest BCUT2D eigenvalue weighted by molar-refractivity contribution is 0.714. The quantitative estimate of drug-likeness (QED) is 0.482. The van der Waals surface area contributed by atoms with Crippen molar-refractivity contribution in [3.63, 3.8) is 0 Å². The molecule has 0 atom stereocenters. The summed E-state index contributed by atoms with van der Waals surface area (Å²) in [7, 11) is 1.80. The van der Waals surface area contributed by atoms with Crippen molar-refractivity contribution in [3.05, 3.63) is 11.9 Å². The third-order valence-electron chi connectivity index (χ3n) is 1.03. The molecule has 0 radical (unpaired) electrons. The van der Waals surface area contributed by atoms with Crippen molar-refractivity contribution in [1.29, 1.82) is 5.41 Å². The van der Waals surface area contributed by atoms with Crippen LogP contribution in [0.2, 0.25) is 0 Å². The first-order valence-electron chi connectivity index (χ1n) is 3.00. The Morgan fingerprint density at radius 3 is 3.09 bits per heavy atom. The van der Waals surface area contributed by atoms with Gasteiger partial charge in [-0.05, 0) is 0 Å². The van der Waals surface area contributed by atoms with Gasteiger partial charge >= 0.3 is 0 Å². The van der Waals surface area contributed by atoms with E-state index >= 15 is 0 Å². The second-order valence-corrected chi connectivity index (χ2v) is 3.05. The van der Waals surface area contributed by atoms with Crippen LogP contribution in [0.3, 0.4) is 0 Å². The highest BCUT2D eigenvalue weighted by atomic mass is 32.2. The first-order chi connectivity index (χ1) is 5.18. The molecule has 0 amide bonds. The standard InChI is InChI=1S/C5H9N5S/c1-10-2-4(8-9-10)3-11-5(6)7/h2H,3H2,1H3,(H3,6,7). The molecule has 0 spiro atoms. The molecule has 0 saturated carbocycles. The summed E-state index contributed by atoms with van der Waals surface area (Å²) in [5.41, 5.74) is 5.98. The van der Waals surface area contributed by atoms with Gasteiger partial charge in [-0.15, -0.1) is 5.10 Å². The zero-order valence-electron chi connectivity index (χ0n) is 6.11. The third kappa shape index (κ3) is 2.58. The predicted molar refractivity (Wildman–Crippen MR) is 44.2 cm³/mol. The molecule has 1 aromatic rings. The first-order valence-corrected chi connectivity index (χ1v) is 3.99. The lowest BCUT2D eigenvalue weighted by Gasteiger charge is -1.91. The molecule has 1 rings (SSSR count). The molecule has 0 fully saturated rings. The number of rotatable bonds is 2. The molecule has 0 aromatic carbocycles. The maximum Gasteiger partial charge on any atom is 0.151 e. The van der Waals surface area contributed by atoms with E-state index in [-0.39, 0.29) is 5.17 Å². The number of nitrogens with two attached hydrogens (primary N) is 1. The third-order valence-corrected chi connectivity index (χ3v) is 1.78. The number of aryl methyl sites for hydroxylation is 1. The molecule has 5 nitrogen and oxygen atoms in total. The van der Waals surface area contributed by atoms with E-state index in [1.54, 1.807) is 17.9 Å². The number of hydrogen-bond acceptors (Lipinski definition) is 4. The number of aromatic nitrogens is 3. The highest BCUT2D eigenvalue weighted by Crippen LogP contribution is 2.06. The van der Waals surface area contributed by atoms with Crippen LogP contribution in [0.5, 0.6) is 0 Å². The van der Waals surface area contributed by atoms with Gasteiger partial charge in [0.25, 0.3) is 0 Å². The van der Waals surface area contributed by atoms with Gasteiger partial charge in [-0.3, -0.25) is 10.1 Å². The van der Waals surface area contributed by atoms with Crippen LogP contribution in [0.25, 0.3) is 0 Å². The van der Waals surface area contributed by atoms with Crippen molar-refractivity contribution in [2.45, 2.75) is 5.75 Å². The van der Waals surface area contributed by atoms with Gasteiger partial charge in [-0.25, -0.2) is 0 Å². The predicted octanol–water partition coefficient (Wildman–Crippen LogP) is -0.0582. The SMILES string of the molecule is Cn1cc(CSC(=N)N)nn1. The van der Waals surface area contributed by atoms with Gasteiger partial charge in [0.1, 0.15) is 0 Å². The maximum atomic E-state index is 6.94. The summed E-state index contributed by atoms with van der Waals surface area (Å²) in [4.78, 5) is 0. The minimum Gasteiger partial charge on any atom is -0.379 e. The molecule has 0 aliphatic carbocycles. The monoisotopic (exact) mass is 171 g/mol. The Morgan fingerprint density at radius 1 is 1.91 bits per heavy atom. The highest BCUT2D eigenvalue weighted by molar-refractivity contribution is 8.13. The zero-order valence-corrected chi connectivity index (χ0v) is 6.93. The molecular weight excluding hydrogens is 162 g/mol. The fraction of sp³-hybridized carbons (Fsp3) is 0.400. The van der Waals surface area contributed by atoms with Crippen LogP contribution in [0, 0.1) is 5.41 Å². The Morgan fingerprint density at radius 2 is 2.64 bits per heavy atom. The van der Waals surface area contributed by atoms with Gasteiger partial charge in [0.15, 0.2) is 5.17 Å². The van der Waals surface area contributed by atoms with Crippen molar-refractivity contribution in [3.8, 4) is 0 Å². The number of thioether (sulfide) groups is 1. The topological polar surface area (TPSA) is 80.6 Å². The molecular formula is C5H9N5S. The van der Waals surface area contributed by atoms with Gasteiger partial charge < -0.3 is 5.73 Å². The van der Waals surface area contributed by atoms with E-state index in [9.17, 15) is 0 Å². The lowest BCUT2D eigenvalue weighted by atomic mass is 10.6. The normalized spacial score (nSPS) is 9.91. The largest absolute Gasteiger partial charge is 0.379 e. The second-order valence-electron chi connectivity index (χ2n) is 2.04. The fourth-order valence-electron chi connectivity index (χ4n) is 0.613. The minimum absolute atomic E-state index is 0.107. The maximum absolute atomic E-state index is 6.94. The van der Waals surface area contributed by atoms with E-state index in [0.717, 1.165) is 5.69 Å².